The normalized spacial score (nSPS) is 38.1. The maximum atomic E-state index is 10.7. The summed E-state index contributed by atoms with van der Waals surface area (Å²) < 4.78 is 0. The van der Waals surface area contributed by atoms with Crippen LogP contribution < -0.4 is 0 Å². The molecule has 0 amide bonds. The van der Waals surface area contributed by atoms with Crippen molar-refractivity contribution in [2.24, 2.45) is 11.3 Å². The van der Waals surface area contributed by atoms with Crippen molar-refractivity contribution in [3.05, 3.63) is 24.8 Å². The van der Waals surface area contributed by atoms with Crippen LogP contribution in [0, 0.1) is 11.3 Å². The Morgan fingerprint density at radius 1 is 1.50 bits per heavy atom. The van der Waals surface area contributed by atoms with Crippen LogP contribution in [0.3, 0.4) is 0 Å². The van der Waals surface area contributed by atoms with E-state index in [0.29, 0.717) is 19.3 Å². The van der Waals surface area contributed by atoms with Gasteiger partial charge < -0.3 is 10.2 Å². The predicted molar refractivity (Wildman–Crippen MR) is 67.1 cm³/mol. The van der Waals surface area contributed by atoms with E-state index in [1.165, 1.54) is 0 Å². The zero-order valence-electron chi connectivity index (χ0n) is 10.7. The monoisotopic (exact) mass is 224 g/mol. The summed E-state index contributed by atoms with van der Waals surface area (Å²) in [7, 11) is 0. The molecule has 3 atom stereocenters. The molecule has 0 aromatic carbocycles. The highest BCUT2D eigenvalue weighted by atomic mass is 16.3. The summed E-state index contributed by atoms with van der Waals surface area (Å²) >= 11 is 0. The summed E-state index contributed by atoms with van der Waals surface area (Å²) in [4.78, 5) is 0. The van der Waals surface area contributed by atoms with Gasteiger partial charge in [0.25, 0.3) is 0 Å². The highest BCUT2D eigenvalue weighted by Gasteiger charge is 2.52. The zero-order chi connectivity index (χ0) is 12.6. The molecule has 0 saturated heterocycles. The molecule has 92 valence electrons. The standard InChI is InChI=1S/C14H24O2/c1-6-7-14(16)9-11(10(2)3)8-12(15)13(14,4)5/h6,11-12,15-16H,1-2,7-9H2,3-5H3/t11-,12-,14-/m1/s1. The first kappa shape index (κ1) is 13.5. The highest BCUT2D eigenvalue weighted by Crippen LogP contribution is 2.49. The molecule has 0 aromatic rings. The van der Waals surface area contributed by atoms with Crippen LogP contribution in [0.1, 0.15) is 40.0 Å². The van der Waals surface area contributed by atoms with Crippen molar-refractivity contribution in [2.45, 2.75) is 51.7 Å². The number of aliphatic hydroxyl groups is 2. The number of hydrogen-bond donors (Lipinski definition) is 2. The molecular formula is C14H24O2. The van der Waals surface area contributed by atoms with Crippen molar-refractivity contribution in [3.8, 4) is 0 Å². The lowest BCUT2D eigenvalue weighted by Crippen LogP contribution is -2.56. The van der Waals surface area contributed by atoms with E-state index in [0.717, 1.165) is 5.57 Å². The summed E-state index contributed by atoms with van der Waals surface area (Å²) in [5.74, 6) is 0.202. The summed E-state index contributed by atoms with van der Waals surface area (Å²) in [6.45, 7) is 13.5. The number of allylic oxidation sites excluding steroid dienone is 1. The molecule has 1 rings (SSSR count). The van der Waals surface area contributed by atoms with Gasteiger partial charge in [-0.2, -0.15) is 0 Å². The van der Waals surface area contributed by atoms with Gasteiger partial charge in [-0.15, -0.1) is 6.58 Å². The third-order valence-electron chi connectivity index (χ3n) is 4.30. The molecule has 0 radical (unpaired) electrons. The van der Waals surface area contributed by atoms with Gasteiger partial charge in [-0.1, -0.05) is 32.1 Å². The van der Waals surface area contributed by atoms with E-state index in [4.69, 9.17) is 0 Å². The van der Waals surface area contributed by atoms with Crippen molar-refractivity contribution < 1.29 is 10.2 Å². The maximum absolute atomic E-state index is 10.7. The zero-order valence-corrected chi connectivity index (χ0v) is 10.7. The summed E-state index contributed by atoms with van der Waals surface area (Å²) in [6, 6.07) is 0. The van der Waals surface area contributed by atoms with Crippen LogP contribution >= 0.6 is 0 Å². The number of hydrogen-bond acceptors (Lipinski definition) is 2. The lowest BCUT2D eigenvalue weighted by atomic mass is 9.58. The average molecular weight is 224 g/mol. The summed E-state index contributed by atoms with van der Waals surface area (Å²) in [5.41, 5.74) is -0.333. The van der Waals surface area contributed by atoms with E-state index >= 15 is 0 Å². The van der Waals surface area contributed by atoms with E-state index in [2.05, 4.69) is 13.2 Å². The second-order valence-corrected chi connectivity index (χ2v) is 5.74. The molecule has 1 aliphatic rings. The van der Waals surface area contributed by atoms with Gasteiger partial charge in [0.2, 0.25) is 0 Å². The average Bonchev–Trinajstić information content (AvgIpc) is 2.14. The van der Waals surface area contributed by atoms with Crippen molar-refractivity contribution in [3.63, 3.8) is 0 Å². The first-order valence-corrected chi connectivity index (χ1v) is 5.91. The minimum Gasteiger partial charge on any atom is -0.392 e. The second kappa shape index (κ2) is 4.34. The van der Waals surface area contributed by atoms with Gasteiger partial charge >= 0.3 is 0 Å². The molecular weight excluding hydrogens is 200 g/mol. The van der Waals surface area contributed by atoms with Gasteiger partial charge in [-0.3, -0.25) is 0 Å². The van der Waals surface area contributed by atoms with Gasteiger partial charge in [-0.25, -0.2) is 0 Å². The van der Waals surface area contributed by atoms with Crippen molar-refractivity contribution in [1.29, 1.82) is 0 Å². The third-order valence-corrected chi connectivity index (χ3v) is 4.30. The number of aliphatic hydroxyl groups excluding tert-OH is 1. The molecule has 0 aromatic heterocycles. The Labute approximate surface area is 98.7 Å². The molecule has 16 heavy (non-hydrogen) atoms. The molecule has 2 nitrogen and oxygen atoms in total. The van der Waals surface area contributed by atoms with Crippen molar-refractivity contribution >= 4 is 0 Å². The Bertz CT molecular complexity index is 293. The van der Waals surface area contributed by atoms with E-state index in [9.17, 15) is 10.2 Å². The third kappa shape index (κ3) is 2.09. The van der Waals surface area contributed by atoms with Crippen LogP contribution in [0.25, 0.3) is 0 Å². The molecule has 0 unspecified atom stereocenters. The van der Waals surface area contributed by atoms with Crippen LogP contribution in [-0.2, 0) is 0 Å². The fourth-order valence-corrected chi connectivity index (χ4v) is 2.59. The van der Waals surface area contributed by atoms with Crippen LogP contribution in [0.2, 0.25) is 0 Å². The van der Waals surface area contributed by atoms with E-state index in [-0.39, 0.29) is 5.92 Å². The first-order valence-electron chi connectivity index (χ1n) is 5.91. The minimum atomic E-state index is -0.879. The van der Waals surface area contributed by atoms with Gasteiger partial charge in [-0.05, 0) is 32.1 Å². The van der Waals surface area contributed by atoms with Gasteiger partial charge in [0.1, 0.15) is 0 Å². The van der Waals surface area contributed by atoms with E-state index in [1.54, 1.807) is 6.08 Å². The molecule has 2 heteroatoms. The van der Waals surface area contributed by atoms with Crippen molar-refractivity contribution in [2.75, 3.05) is 0 Å². The molecule has 1 fully saturated rings. The first-order chi connectivity index (χ1) is 7.24. The van der Waals surface area contributed by atoms with Crippen LogP contribution in [0.4, 0.5) is 0 Å². The summed E-state index contributed by atoms with van der Waals surface area (Å²) in [5, 5.41) is 20.9. The quantitative estimate of drug-likeness (QED) is 0.724. The Balaban J connectivity index is 3.01. The Morgan fingerprint density at radius 2 is 2.06 bits per heavy atom. The van der Waals surface area contributed by atoms with Gasteiger partial charge in [0, 0.05) is 5.41 Å². The number of rotatable bonds is 3. The largest absolute Gasteiger partial charge is 0.392 e. The Kier molecular flexibility index (Phi) is 3.65. The summed E-state index contributed by atoms with van der Waals surface area (Å²) in [6.07, 6.45) is 3.11. The maximum Gasteiger partial charge on any atom is 0.0762 e. The van der Waals surface area contributed by atoms with Crippen LogP contribution in [-0.4, -0.2) is 21.9 Å². The lowest BCUT2D eigenvalue weighted by molar-refractivity contribution is -0.163. The van der Waals surface area contributed by atoms with E-state index in [1.807, 2.05) is 20.8 Å². The topological polar surface area (TPSA) is 40.5 Å². The molecule has 1 saturated carbocycles. The van der Waals surface area contributed by atoms with E-state index < -0.39 is 17.1 Å². The Morgan fingerprint density at radius 3 is 2.50 bits per heavy atom. The van der Waals surface area contributed by atoms with Gasteiger partial charge in [0.05, 0.1) is 11.7 Å². The van der Waals surface area contributed by atoms with Crippen molar-refractivity contribution in [1.82, 2.24) is 0 Å². The van der Waals surface area contributed by atoms with Crippen LogP contribution in [0.5, 0.6) is 0 Å². The molecule has 2 N–H and O–H groups in total. The second-order valence-electron chi connectivity index (χ2n) is 5.74. The highest BCUT2D eigenvalue weighted by molar-refractivity contribution is 5.11. The molecule has 0 heterocycles. The minimum absolute atomic E-state index is 0.202. The fraction of sp³-hybridized carbons (Fsp3) is 0.714. The molecule has 0 bridgehead atoms. The molecule has 0 aliphatic heterocycles. The van der Waals surface area contributed by atoms with Crippen LogP contribution in [0.15, 0.2) is 24.8 Å². The fourth-order valence-electron chi connectivity index (χ4n) is 2.59. The SMILES string of the molecule is C=CC[C@@]1(O)C[C@H](C(=C)C)C[C@@H](O)C1(C)C. The Hall–Kier alpha value is -0.600. The lowest BCUT2D eigenvalue weighted by Gasteiger charge is -2.52. The van der Waals surface area contributed by atoms with Gasteiger partial charge in [0.15, 0.2) is 0 Å². The predicted octanol–water partition coefficient (Wildman–Crippen LogP) is 2.67. The molecule has 0 spiro atoms. The smallest absolute Gasteiger partial charge is 0.0762 e. The molecule has 1 aliphatic carbocycles.